The summed E-state index contributed by atoms with van der Waals surface area (Å²) in [6.45, 7) is 0. The van der Waals surface area contributed by atoms with Crippen molar-refractivity contribution < 1.29 is 13.2 Å². The first kappa shape index (κ1) is 9.21. The van der Waals surface area contributed by atoms with Crippen molar-refractivity contribution in [3.63, 3.8) is 0 Å². The van der Waals surface area contributed by atoms with E-state index in [2.05, 4.69) is 4.99 Å². The normalized spacial score (nSPS) is 19.9. The number of para-hydroxylation sites is 2. The van der Waals surface area contributed by atoms with Gasteiger partial charge in [-0.3, -0.25) is 4.99 Å². The SMILES string of the molecule is CS(=O)(=O)C1C=Nc2ccccc2O1. The molecule has 74 valence electrons. The maximum atomic E-state index is 11.2. The van der Waals surface area contributed by atoms with Gasteiger partial charge in [-0.2, -0.15) is 0 Å². The molecule has 1 aromatic rings. The number of nitrogens with zero attached hydrogens (tertiary/aromatic N) is 1. The molecule has 0 N–H and O–H groups in total. The van der Waals surface area contributed by atoms with E-state index in [-0.39, 0.29) is 0 Å². The Morgan fingerprint density at radius 2 is 2.07 bits per heavy atom. The third-order valence-corrected chi connectivity index (χ3v) is 2.93. The first-order valence-corrected chi connectivity index (χ1v) is 6.01. The molecule has 5 heteroatoms. The zero-order chi connectivity index (χ0) is 10.2. The number of hydrogen-bond donors (Lipinski definition) is 0. The second-order valence-electron chi connectivity index (χ2n) is 3.06. The molecule has 0 aromatic heterocycles. The van der Waals surface area contributed by atoms with Gasteiger partial charge in [-0.15, -0.1) is 0 Å². The van der Waals surface area contributed by atoms with Gasteiger partial charge in [-0.1, -0.05) is 12.1 Å². The van der Waals surface area contributed by atoms with Crippen molar-refractivity contribution in [1.82, 2.24) is 0 Å². The lowest BCUT2D eigenvalue weighted by Gasteiger charge is -2.18. The van der Waals surface area contributed by atoms with Crippen LogP contribution in [0.25, 0.3) is 0 Å². The molecule has 0 amide bonds. The van der Waals surface area contributed by atoms with Crippen molar-refractivity contribution in [2.75, 3.05) is 6.26 Å². The van der Waals surface area contributed by atoms with Crippen LogP contribution in [0.3, 0.4) is 0 Å². The second kappa shape index (κ2) is 3.09. The lowest BCUT2D eigenvalue weighted by atomic mass is 10.3. The highest BCUT2D eigenvalue weighted by Crippen LogP contribution is 2.30. The summed E-state index contributed by atoms with van der Waals surface area (Å²) < 4.78 is 27.6. The molecule has 1 aromatic carbocycles. The molecular weight excluding hydrogens is 202 g/mol. The first-order chi connectivity index (χ1) is 6.57. The van der Waals surface area contributed by atoms with E-state index in [9.17, 15) is 8.42 Å². The molecule has 1 aliphatic rings. The van der Waals surface area contributed by atoms with Crippen molar-refractivity contribution in [3.8, 4) is 5.75 Å². The number of sulfone groups is 1. The Balaban J connectivity index is 2.40. The zero-order valence-corrected chi connectivity index (χ0v) is 8.36. The average Bonchev–Trinajstić information content (AvgIpc) is 2.16. The zero-order valence-electron chi connectivity index (χ0n) is 7.54. The molecule has 0 fully saturated rings. The van der Waals surface area contributed by atoms with Crippen molar-refractivity contribution in [1.29, 1.82) is 0 Å². The lowest BCUT2D eigenvalue weighted by molar-refractivity contribution is 0.333. The molecule has 1 heterocycles. The minimum absolute atomic E-state index is 0.505. The fraction of sp³-hybridized carbons (Fsp3) is 0.222. The van der Waals surface area contributed by atoms with Crippen molar-refractivity contribution in [2.45, 2.75) is 5.44 Å². The largest absolute Gasteiger partial charge is 0.467 e. The summed E-state index contributed by atoms with van der Waals surface area (Å²) in [7, 11) is -3.24. The summed E-state index contributed by atoms with van der Waals surface area (Å²) in [4.78, 5) is 4.01. The van der Waals surface area contributed by atoms with E-state index in [1.165, 1.54) is 6.21 Å². The van der Waals surface area contributed by atoms with E-state index in [1.54, 1.807) is 18.2 Å². The molecular formula is C9H9NO3S. The van der Waals surface area contributed by atoms with Gasteiger partial charge in [0.15, 0.2) is 9.84 Å². The molecule has 0 saturated heterocycles. The number of fused-ring (bicyclic) bond motifs is 1. The number of benzene rings is 1. The Morgan fingerprint density at radius 1 is 1.36 bits per heavy atom. The van der Waals surface area contributed by atoms with Crippen LogP contribution in [0.5, 0.6) is 5.75 Å². The standard InChI is InChI=1S/C9H9NO3S/c1-14(11,12)9-6-10-7-4-2-3-5-8(7)13-9/h2-6,9H,1H3. The average molecular weight is 211 g/mol. The van der Waals surface area contributed by atoms with Crippen LogP contribution in [-0.4, -0.2) is 26.3 Å². The van der Waals surface area contributed by atoms with Crippen LogP contribution in [0.4, 0.5) is 5.69 Å². The molecule has 0 bridgehead atoms. The quantitative estimate of drug-likeness (QED) is 0.700. The summed E-state index contributed by atoms with van der Waals surface area (Å²) in [6, 6.07) is 7.06. The highest BCUT2D eigenvalue weighted by atomic mass is 32.2. The van der Waals surface area contributed by atoms with Gasteiger partial charge >= 0.3 is 0 Å². The Morgan fingerprint density at radius 3 is 2.79 bits per heavy atom. The van der Waals surface area contributed by atoms with Crippen molar-refractivity contribution in [3.05, 3.63) is 24.3 Å². The van der Waals surface area contributed by atoms with Gasteiger partial charge in [0.25, 0.3) is 0 Å². The fourth-order valence-corrected chi connectivity index (χ4v) is 1.72. The molecule has 0 spiro atoms. The van der Waals surface area contributed by atoms with Gasteiger partial charge in [-0.05, 0) is 12.1 Å². The Kier molecular flexibility index (Phi) is 2.03. The molecule has 1 atom stereocenters. The molecule has 0 saturated carbocycles. The van der Waals surface area contributed by atoms with Gasteiger partial charge in [-0.25, -0.2) is 8.42 Å². The van der Waals surface area contributed by atoms with Crippen LogP contribution in [0.2, 0.25) is 0 Å². The topological polar surface area (TPSA) is 55.7 Å². The predicted octanol–water partition coefficient (Wildman–Crippen LogP) is 1.15. The third-order valence-electron chi connectivity index (χ3n) is 1.87. The molecule has 1 unspecified atom stereocenters. The smallest absolute Gasteiger partial charge is 0.233 e. The fourth-order valence-electron chi connectivity index (χ4n) is 1.16. The van der Waals surface area contributed by atoms with Crippen LogP contribution < -0.4 is 4.74 Å². The monoisotopic (exact) mass is 211 g/mol. The number of ether oxygens (including phenoxy) is 1. The van der Waals surface area contributed by atoms with Crippen LogP contribution in [0.1, 0.15) is 0 Å². The Labute approximate surface area is 82.2 Å². The summed E-state index contributed by atoms with van der Waals surface area (Å²) >= 11 is 0. The number of hydrogen-bond acceptors (Lipinski definition) is 4. The maximum Gasteiger partial charge on any atom is 0.233 e. The minimum atomic E-state index is -3.24. The van der Waals surface area contributed by atoms with E-state index < -0.39 is 15.3 Å². The van der Waals surface area contributed by atoms with Gasteiger partial charge in [0.1, 0.15) is 11.4 Å². The molecule has 0 aliphatic carbocycles. The Bertz CT molecular complexity index is 479. The van der Waals surface area contributed by atoms with Gasteiger partial charge in [0.2, 0.25) is 5.44 Å². The minimum Gasteiger partial charge on any atom is -0.467 e. The van der Waals surface area contributed by atoms with E-state index in [0.29, 0.717) is 11.4 Å². The van der Waals surface area contributed by atoms with Crippen LogP contribution in [-0.2, 0) is 9.84 Å². The van der Waals surface area contributed by atoms with E-state index in [1.807, 2.05) is 6.07 Å². The van der Waals surface area contributed by atoms with E-state index >= 15 is 0 Å². The predicted molar refractivity (Wildman–Crippen MR) is 53.9 cm³/mol. The van der Waals surface area contributed by atoms with Gasteiger partial charge < -0.3 is 4.74 Å². The van der Waals surface area contributed by atoms with E-state index in [4.69, 9.17) is 4.74 Å². The molecule has 1 aliphatic heterocycles. The van der Waals surface area contributed by atoms with Crippen LogP contribution >= 0.6 is 0 Å². The number of aliphatic imine (C=N–C) groups is 1. The van der Waals surface area contributed by atoms with Crippen LogP contribution in [0.15, 0.2) is 29.3 Å². The summed E-state index contributed by atoms with van der Waals surface area (Å²) in [5, 5.41) is 0. The Hall–Kier alpha value is -1.36. The molecule has 0 radical (unpaired) electrons. The summed E-state index contributed by atoms with van der Waals surface area (Å²) in [5.41, 5.74) is -0.301. The number of rotatable bonds is 1. The molecule has 14 heavy (non-hydrogen) atoms. The third kappa shape index (κ3) is 1.63. The second-order valence-corrected chi connectivity index (χ2v) is 5.19. The lowest BCUT2D eigenvalue weighted by Crippen LogP contribution is -2.29. The summed E-state index contributed by atoms with van der Waals surface area (Å²) in [5.74, 6) is 0.505. The highest BCUT2D eigenvalue weighted by Gasteiger charge is 2.24. The van der Waals surface area contributed by atoms with E-state index in [0.717, 1.165) is 6.26 Å². The van der Waals surface area contributed by atoms with Crippen molar-refractivity contribution >= 4 is 21.7 Å². The first-order valence-electron chi connectivity index (χ1n) is 4.06. The molecule has 4 nitrogen and oxygen atoms in total. The molecule has 2 rings (SSSR count). The van der Waals surface area contributed by atoms with Gasteiger partial charge in [0, 0.05) is 6.26 Å². The highest BCUT2D eigenvalue weighted by molar-refractivity contribution is 7.91. The summed E-state index contributed by atoms with van der Waals surface area (Å²) in [6.07, 6.45) is 2.43. The van der Waals surface area contributed by atoms with Gasteiger partial charge in [0.05, 0.1) is 6.21 Å². The maximum absolute atomic E-state index is 11.2. The van der Waals surface area contributed by atoms with Crippen LogP contribution in [0, 0.1) is 0 Å². The van der Waals surface area contributed by atoms with Crippen molar-refractivity contribution in [2.24, 2.45) is 4.99 Å².